The molecule has 0 atom stereocenters. The Morgan fingerprint density at radius 3 is 2.27 bits per heavy atom. The molecule has 1 saturated heterocycles. The highest BCUT2D eigenvalue weighted by Crippen LogP contribution is 2.16. The van der Waals surface area contributed by atoms with E-state index in [-0.39, 0.29) is 5.82 Å². The second-order valence-corrected chi connectivity index (χ2v) is 5.86. The number of anilines is 1. The van der Waals surface area contributed by atoms with E-state index in [9.17, 15) is 14.0 Å². The van der Waals surface area contributed by atoms with Crippen molar-refractivity contribution in [2.24, 2.45) is 5.92 Å². The van der Waals surface area contributed by atoms with Crippen LogP contribution in [0.2, 0.25) is 0 Å². The zero-order valence-corrected chi connectivity index (χ0v) is 13.0. The molecule has 120 valence electrons. The molecule has 1 heterocycles. The predicted molar refractivity (Wildman–Crippen MR) is 83.0 cm³/mol. The quantitative estimate of drug-likeness (QED) is 0.855. The molecule has 1 aromatic carbocycles. The maximum Gasteiger partial charge on any atom is 0.312 e. The van der Waals surface area contributed by atoms with E-state index in [1.165, 1.54) is 12.1 Å². The van der Waals surface area contributed by atoms with Crippen molar-refractivity contribution in [1.29, 1.82) is 0 Å². The molecule has 0 aliphatic carbocycles. The van der Waals surface area contributed by atoms with Crippen LogP contribution in [0.25, 0.3) is 0 Å². The number of nitrogens with one attached hydrogen (secondary N) is 1. The molecular formula is C16H22FN3O2. The lowest BCUT2D eigenvalue weighted by atomic mass is 10.2. The zero-order chi connectivity index (χ0) is 16.1. The van der Waals surface area contributed by atoms with Crippen LogP contribution in [-0.4, -0.2) is 49.4 Å². The minimum absolute atomic E-state index is 0.264. The number of piperazine rings is 1. The third-order valence-corrected chi connectivity index (χ3v) is 3.62. The molecule has 1 fully saturated rings. The topological polar surface area (TPSA) is 52.7 Å². The number of halogens is 1. The van der Waals surface area contributed by atoms with E-state index in [4.69, 9.17) is 0 Å². The number of nitrogens with zero attached hydrogens (tertiary/aromatic N) is 2. The molecule has 0 bridgehead atoms. The molecule has 1 aliphatic heterocycles. The van der Waals surface area contributed by atoms with Crippen molar-refractivity contribution in [1.82, 2.24) is 10.2 Å². The summed E-state index contributed by atoms with van der Waals surface area (Å²) in [7, 11) is 0. The summed E-state index contributed by atoms with van der Waals surface area (Å²) in [4.78, 5) is 27.5. The molecule has 0 spiro atoms. The van der Waals surface area contributed by atoms with E-state index >= 15 is 0 Å². The molecular weight excluding hydrogens is 285 g/mol. The van der Waals surface area contributed by atoms with Gasteiger partial charge in [-0.3, -0.25) is 9.59 Å². The van der Waals surface area contributed by atoms with Crippen molar-refractivity contribution in [3.8, 4) is 0 Å². The van der Waals surface area contributed by atoms with Gasteiger partial charge in [0.1, 0.15) is 5.82 Å². The Kier molecular flexibility index (Phi) is 5.35. The normalized spacial score (nSPS) is 15.1. The predicted octanol–water partition coefficient (Wildman–Crippen LogP) is 1.25. The van der Waals surface area contributed by atoms with Gasteiger partial charge >= 0.3 is 11.8 Å². The lowest BCUT2D eigenvalue weighted by Crippen LogP contribution is -2.53. The molecule has 5 nitrogen and oxygen atoms in total. The van der Waals surface area contributed by atoms with Gasteiger partial charge in [0.15, 0.2) is 0 Å². The number of hydrogen-bond acceptors (Lipinski definition) is 3. The first-order valence-electron chi connectivity index (χ1n) is 7.55. The first-order valence-corrected chi connectivity index (χ1v) is 7.55. The van der Waals surface area contributed by atoms with Crippen LogP contribution >= 0.6 is 0 Å². The lowest BCUT2D eigenvalue weighted by Gasteiger charge is -2.35. The van der Waals surface area contributed by atoms with Gasteiger partial charge in [0.25, 0.3) is 0 Å². The summed E-state index contributed by atoms with van der Waals surface area (Å²) in [5.74, 6) is -0.963. The highest BCUT2D eigenvalue weighted by atomic mass is 19.1. The average molecular weight is 307 g/mol. The van der Waals surface area contributed by atoms with Crippen molar-refractivity contribution >= 4 is 17.5 Å². The molecule has 0 unspecified atom stereocenters. The zero-order valence-electron chi connectivity index (χ0n) is 13.0. The molecule has 6 heteroatoms. The monoisotopic (exact) mass is 307 g/mol. The molecule has 22 heavy (non-hydrogen) atoms. The first kappa shape index (κ1) is 16.3. The van der Waals surface area contributed by atoms with Gasteiger partial charge in [-0.25, -0.2) is 4.39 Å². The molecule has 1 aromatic rings. The maximum absolute atomic E-state index is 12.9. The number of benzene rings is 1. The van der Waals surface area contributed by atoms with Gasteiger partial charge in [-0.2, -0.15) is 0 Å². The highest BCUT2D eigenvalue weighted by molar-refractivity contribution is 6.35. The van der Waals surface area contributed by atoms with Crippen LogP contribution in [0, 0.1) is 11.7 Å². The number of hydrogen-bond donors (Lipinski definition) is 1. The van der Waals surface area contributed by atoms with Crippen LogP contribution in [0.15, 0.2) is 24.3 Å². The summed E-state index contributed by atoms with van der Waals surface area (Å²) in [5, 5.41) is 2.64. The molecule has 2 amide bonds. The first-order chi connectivity index (χ1) is 10.5. The van der Waals surface area contributed by atoms with Crippen LogP contribution in [0.1, 0.15) is 13.8 Å². The molecule has 1 aliphatic rings. The molecule has 1 N–H and O–H groups in total. The second-order valence-electron chi connectivity index (χ2n) is 5.86. The SMILES string of the molecule is CC(C)CNC(=O)C(=O)N1CCN(c2ccc(F)cc2)CC1. The Bertz CT molecular complexity index is 523. The minimum Gasteiger partial charge on any atom is -0.368 e. The number of carbonyl (C=O) groups is 2. The molecule has 0 saturated carbocycles. The smallest absolute Gasteiger partial charge is 0.312 e. The van der Waals surface area contributed by atoms with Crippen LogP contribution in [0.4, 0.5) is 10.1 Å². The Balaban J connectivity index is 1.85. The van der Waals surface area contributed by atoms with Gasteiger partial charge in [-0.15, -0.1) is 0 Å². The summed E-state index contributed by atoms with van der Waals surface area (Å²) in [5.41, 5.74) is 0.928. The fourth-order valence-corrected chi connectivity index (χ4v) is 2.34. The fourth-order valence-electron chi connectivity index (χ4n) is 2.34. The Morgan fingerprint density at radius 1 is 1.14 bits per heavy atom. The van der Waals surface area contributed by atoms with E-state index in [1.54, 1.807) is 17.0 Å². The highest BCUT2D eigenvalue weighted by Gasteiger charge is 2.25. The molecule has 0 radical (unpaired) electrons. The van der Waals surface area contributed by atoms with Gasteiger partial charge in [0.05, 0.1) is 0 Å². The molecule has 2 rings (SSSR count). The van der Waals surface area contributed by atoms with Crippen LogP contribution in [0.5, 0.6) is 0 Å². The summed E-state index contributed by atoms with van der Waals surface area (Å²) in [6.07, 6.45) is 0. The van der Waals surface area contributed by atoms with Crippen molar-refractivity contribution in [2.45, 2.75) is 13.8 Å². The van der Waals surface area contributed by atoms with Crippen molar-refractivity contribution < 1.29 is 14.0 Å². The Labute approximate surface area is 130 Å². The van der Waals surface area contributed by atoms with Gasteiger partial charge in [-0.1, -0.05) is 13.8 Å². The second kappa shape index (κ2) is 7.24. The van der Waals surface area contributed by atoms with E-state index < -0.39 is 11.8 Å². The Hall–Kier alpha value is -2.11. The summed E-state index contributed by atoms with van der Waals surface area (Å²) >= 11 is 0. The van der Waals surface area contributed by atoms with Gasteiger partial charge in [0, 0.05) is 38.4 Å². The number of amides is 2. The largest absolute Gasteiger partial charge is 0.368 e. The van der Waals surface area contributed by atoms with Gasteiger partial charge in [-0.05, 0) is 30.2 Å². The Morgan fingerprint density at radius 2 is 1.73 bits per heavy atom. The van der Waals surface area contributed by atoms with Gasteiger partial charge < -0.3 is 15.1 Å². The van der Waals surface area contributed by atoms with E-state index in [0.29, 0.717) is 38.6 Å². The third-order valence-electron chi connectivity index (χ3n) is 3.62. The summed E-state index contributed by atoms with van der Waals surface area (Å²) in [6.45, 7) is 6.71. The standard InChI is InChI=1S/C16H22FN3O2/c1-12(2)11-18-15(21)16(22)20-9-7-19(8-10-20)14-5-3-13(17)4-6-14/h3-6,12H,7-11H2,1-2H3,(H,18,21). The van der Waals surface area contributed by atoms with E-state index in [2.05, 4.69) is 10.2 Å². The van der Waals surface area contributed by atoms with Crippen molar-refractivity contribution in [3.05, 3.63) is 30.1 Å². The van der Waals surface area contributed by atoms with Crippen molar-refractivity contribution in [3.63, 3.8) is 0 Å². The van der Waals surface area contributed by atoms with Crippen molar-refractivity contribution in [2.75, 3.05) is 37.6 Å². The average Bonchev–Trinajstić information content (AvgIpc) is 2.53. The van der Waals surface area contributed by atoms with Crippen LogP contribution < -0.4 is 10.2 Å². The maximum atomic E-state index is 12.9. The minimum atomic E-state index is -0.538. The van der Waals surface area contributed by atoms with E-state index in [0.717, 1.165) is 5.69 Å². The van der Waals surface area contributed by atoms with E-state index in [1.807, 2.05) is 13.8 Å². The molecule has 0 aromatic heterocycles. The summed E-state index contributed by atoms with van der Waals surface area (Å²) in [6, 6.07) is 6.29. The van der Waals surface area contributed by atoms with Crippen LogP contribution in [0.3, 0.4) is 0 Å². The number of rotatable bonds is 3. The van der Waals surface area contributed by atoms with Crippen LogP contribution in [-0.2, 0) is 9.59 Å². The summed E-state index contributed by atoms with van der Waals surface area (Å²) < 4.78 is 12.9. The lowest BCUT2D eigenvalue weighted by molar-refractivity contribution is -0.146. The third kappa shape index (κ3) is 4.19. The fraction of sp³-hybridized carbons (Fsp3) is 0.500. The number of carbonyl (C=O) groups excluding carboxylic acids is 2. The van der Waals surface area contributed by atoms with Gasteiger partial charge in [0.2, 0.25) is 0 Å².